The fourth-order valence-electron chi connectivity index (χ4n) is 3.05. The molecule has 27 heavy (non-hydrogen) atoms. The van der Waals surface area contributed by atoms with E-state index in [1.54, 1.807) is 11.3 Å². The number of primary amides is 1. The van der Waals surface area contributed by atoms with Crippen LogP contribution in [-0.2, 0) is 20.9 Å². The van der Waals surface area contributed by atoms with Crippen LogP contribution in [0, 0.1) is 0 Å². The van der Waals surface area contributed by atoms with Gasteiger partial charge < -0.3 is 10.5 Å². The number of thiophene rings is 1. The average molecular weight is 379 g/mol. The maximum absolute atomic E-state index is 12.5. The molecule has 3 aromatic rings. The normalized spacial score (nSPS) is 16.4. The van der Waals surface area contributed by atoms with Crippen molar-refractivity contribution in [2.75, 3.05) is 5.01 Å². The molecule has 2 aromatic carbocycles. The summed E-state index contributed by atoms with van der Waals surface area (Å²) in [5.74, 6) is -1.07. The monoisotopic (exact) mass is 379 g/mol. The molecule has 1 aliphatic heterocycles. The second kappa shape index (κ2) is 7.20. The third kappa shape index (κ3) is 3.41. The third-order valence-corrected chi connectivity index (χ3v) is 5.43. The second-order valence-corrected chi connectivity index (χ2v) is 7.09. The molecular weight excluding hydrogens is 362 g/mol. The van der Waals surface area contributed by atoms with Crippen LogP contribution in [0.15, 0.2) is 65.1 Å². The van der Waals surface area contributed by atoms with E-state index >= 15 is 0 Å². The van der Waals surface area contributed by atoms with E-state index in [0.29, 0.717) is 5.69 Å². The molecule has 6 nitrogen and oxygen atoms in total. The maximum atomic E-state index is 12.5. The molecule has 0 saturated carbocycles. The minimum atomic E-state index is -0.697. The molecule has 1 aromatic heterocycles. The molecule has 0 fully saturated rings. The predicted octanol–water partition coefficient (Wildman–Crippen LogP) is 3.06. The highest BCUT2D eigenvalue weighted by atomic mass is 32.1. The minimum Gasteiger partial charge on any atom is -0.456 e. The first-order chi connectivity index (χ1) is 13.1. The van der Waals surface area contributed by atoms with E-state index in [4.69, 9.17) is 10.5 Å². The van der Waals surface area contributed by atoms with Gasteiger partial charge in [0.2, 0.25) is 5.91 Å². The SMILES string of the molecule is NC(=O)C1CC(C(=O)OCc2csc3ccccc23)=NN1c1ccccc1. The van der Waals surface area contributed by atoms with Crippen molar-refractivity contribution < 1.29 is 14.3 Å². The van der Waals surface area contributed by atoms with Crippen molar-refractivity contribution in [3.8, 4) is 0 Å². The van der Waals surface area contributed by atoms with Gasteiger partial charge in [-0.1, -0.05) is 36.4 Å². The topological polar surface area (TPSA) is 85.0 Å². The molecule has 2 N–H and O–H groups in total. The van der Waals surface area contributed by atoms with Crippen LogP contribution in [0.4, 0.5) is 5.69 Å². The number of anilines is 1. The quantitative estimate of drug-likeness (QED) is 0.691. The summed E-state index contributed by atoms with van der Waals surface area (Å²) in [5.41, 5.74) is 7.35. The number of fused-ring (bicyclic) bond motifs is 1. The molecule has 1 atom stereocenters. The van der Waals surface area contributed by atoms with Crippen LogP contribution in [-0.4, -0.2) is 23.6 Å². The molecule has 0 aliphatic carbocycles. The summed E-state index contributed by atoms with van der Waals surface area (Å²) in [6.07, 6.45) is 0.132. The van der Waals surface area contributed by atoms with Gasteiger partial charge in [-0.15, -0.1) is 11.3 Å². The first kappa shape index (κ1) is 17.2. The van der Waals surface area contributed by atoms with Crippen molar-refractivity contribution in [1.82, 2.24) is 0 Å². The van der Waals surface area contributed by atoms with Crippen molar-refractivity contribution in [1.29, 1.82) is 0 Å². The number of ether oxygens (including phenoxy) is 1. The van der Waals surface area contributed by atoms with Crippen LogP contribution in [0.5, 0.6) is 0 Å². The van der Waals surface area contributed by atoms with Gasteiger partial charge in [0.05, 0.1) is 5.69 Å². The van der Waals surface area contributed by atoms with Gasteiger partial charge in [-0.25, -0.2) is 4.79 Å². The largest absolute Gasteiger partial charge is 0.456 e. The lowest BCUT2D eigenvalue weighted by Gasteiger charge is -2.20. The summed E-state index contributed by atoms with van der Waals surface area (Å²) in [6.45, 7) is 0.161. The molecule has 7 heteroatoms. The van der Waals surface area contributed by atoms with E-state index in [2.05, 4.69) is 5.10 Å². The first-order valence-corrected chi connectivity index (χ1v) is 9.35. The Bertz CT molecular complexity index is 1030. The van der Waals surface area contributed by atoms with Gasteiger partial charge in [-0.05, 0) is 29.0 Å². The molecule has 0 radical (unpaired) electrons. The molecule has 1 unspecified atom stereocenters. The number of benzene rings is 2. The van der Waals surface area contributed by atoms with Crippen LogP contribution < -0.4 is 10.7 Å². The molecular formula is C20H17N3O3S. The Hall–Kier alpha value is -3.19. The van der Waals surface area contributed by atoms with Crippen molar-refractivity contribution in [2.45, 2.75) is 19.1 Å². The number of esters is 1. The Balaban J connectivity index is 1.50. The lowest BCUT2D eigenvalue weighted by atomic mass is 10.1. The molecule has 0 saturated heterocycles. The van der Waals surface area contributed by atoms with E-state index in [1.807, 2.05) is 60.0 Å². The zero-order chi connectivity index (χ0) is 18.8. The van der Waals surface area contributed by atoms with Gasteiger partial charge in [0.1, 0.15) is 18.4 Å². The zero-order valence-corrected chi connectivity index (χ0v) is 15.2. The summed E-state index contributed by atoms with van der Waals surface area (Å²) >= 11 is 1.61. The summed E-state index contributed by atoms with van der Waals surface area (Å²) in [5, 5.41) is 8.84. The molecule has 1 amide bonds. The van der Waals surface area contributed by atoms with E-state index in [0.717, 1.165) is 15.6 Å². The Morgan fingerprint density at radius 3 is 2.67 bits per heavy atom. The van der Waals surface area contributed by atoms with Crippen molar-refractivity contribution in [3.05, 3.63) is 65.5 Å². The Kier molecular flexibility index (Phi) is 4.60. The smallest absolute Gasteiger partial charge is 0.354 e. The van der Waals surface area contributed by atoms with Crippen molar-refractivity contribution in [3.63, 3.8) is 0 Å². The molecule has 136 valence electrons. The standard InChI is InChI=1S/C20H17N3O3S/c21-19(24)17-10-16(22-23(17)14-6-2-1-3-7-14)20(25)26-11-13-12-27-18-9-5-4-8-15(13)18/h1-9,12,17H,10-11H2,(H2,21,24). The van der Waals surface area contributed by atoms with Crippen LogP contribution in [0.1, 0.15) is 12.0 Å². The van der Waals surface area contributed by atoms with Crippen LogP contribution >= 0.6 is 11.3 Å². The molecule has 1 aliphatic rings. The number of carbonyl (C=O) groups is 2. The Labute approximate surface area is 159 Å². The summed E-state index contributed by atoms with van der Waals surface area (Å²) in [6, 6.07) is 16.4. The lowest BCUT2D eigenvalue weighted by Crippen LogP contribution is -2.39. The number of amides is 1. The first-order valence-electron chi connectivity index (χ1n) is 8.47. The second-order valence-electron chi connectivity index (χ2n) is 6.18. The van der Waals surface area contributed by atoms with E-state index < -0.39 is 17.9 Å². The highest BCUT2D eigenvalue weighted by Crippen LogP contribution is 2.27. The highest BCUT2D eigenvalue weighted by molar-refractivity contribution is 7.17. The van der Waals surface area contributed by atoms with Crippen molar-refractivity contribution >= 4 is 44.7 Å². The molecule has 2 heterocycles. The lowest BCUT2D eigenvalue weighted by molar-refractivity contribution is -0.136. The number of para-hydroxylation sites is 1. The predicted molar refractivity (Wildman–Crippen MR) is 106 cm³/mol. The van der Waals surface area contributed by atoms with E-state index in [9.17, 15) is 9.59 Å². The zero-order valence-electron chi connectivity index (χ0n) is 14.4. The number of carbonyl (C=O) groups excluding carboxylic acids is 2. The Morgan fingerprint density at radius 1 is 1.15 bits per heavy atom. The fourth-order valence-corrected chi connectivity index (χ4v) is 3.99. The average Bonchev–Trinajstić information content (AvgIpc) is 3.32. The highest BCUT2D eigenvalue weighted by Gasteiger charge is 2.35. The number of hydrogen-bond acceptors (Lipinski definition) is 6. The minimum absolute atomic E-state index is 0.132. The number of hydrazone groups is 1. The van der Waals surface area contributed by atoms with Crippen LogP contribution in [0.2, 0.25) is 0 Å². The van der Waals surface area contributed by atoms with Crippen molar-refractivity contribution in [2.24, 2.45) is 10.8 Å². The molecule has 0 spiro atoms. The van der Waals surface area contributed by atoms with E-state index in [-0.39, 0.29) is 18.7 Å². The number of nitrogens with two attached hydrogens (primary N) is 1. The Morgan fingerprint density at radius 2 is 1.89 bits per heavy atom. The van der Waals surface area contributed by atoms with Crippen LogP contribution in [0.3, 0.4) is 0 Å². The van der Waals surface area contributed by atoms with Crippen LogP contribution in [0.25, 0.3) is 10.1 Å². The van der Waals surface area contributed by atoms with E-state index in [1.165, 1.54) is 5.01 Å². The van der Waals surface area contributed by atoms with Gasteiger partial charge in [0, 0.05) is 16.7 Å². The van der Waals surface area contributed by atoms with Gasteiger partial charge in [0.15, 0.2) is 0 Å². The maximum Gasteiger partial charge on any atom is 0.354 e. The number of hydrogen-bond donors (Lipinski definition) is 1. The molecule has 0 bridgehead atoms. The molecule has 4 rings (SSSR count). The number of rotatable bonds is 5. The fraction of sp³-hybridized carbons (Fsp3) is 0.150. The van der Waals surface area contributed by atoms with Gasteiger partial charge in [0.25, 0.3) is 0 Å². The third-order valence-electron chi connectivity index (χ3n) is 4.42. The van der Waals surface area contributed by atoms with Gasteiger partial charge >= 0.3 is 5.97 Å². The number of nitrogens with zero attached hydrogens (tertiary/aromatic N) is 2. The summed E-state index contributed by atoms with van der Waals surface area (Å²) in [4.78, 5) is 24.3. The summed E-state index contributed by atoms with van der Waals surface area (Å²) in [7, 11) is 0. The summed E-state index contributed by atoms with van der Waals surface area (Å²) < 4.78 is 6.59. The van der Waals surface area contributed by atoms with Gasteiger partial charge in [-0.3, -0.25) is 9.80 Å². The van der Waals surface area contributed by atoms with Gasteiger partial charge in [-0.2, -0.15) is 5.10 Å².